The van der Waals surface area contributed by atoms with Gasteiger partial charge < -0.3 is 19.3 Å². The van der Waals surface area contributed by atoms with Gasteiger partial charge in [0, 0.05) is 31.2 Å². The molecule has 3 fully saturated rings. The third-order valence-corrected chi connectivity index (χ3v) is 8.87. The zero-order valence-corrected chi connectivity index (χ0v) is 24.4. The van der Waals surface area contributed by atoms with Gasteiger partial charge in [0.25, 0.3) is 0 Å². The summed E-state index contributed by atoms with van der Waals surface area (Å²) in [5, 5.41) is 11.2. The van der Waals surface area contributed by atoms with Crippen molar-refractivity contribution in [3.8, 4) is 11.1 Å². The highest BCUT2D eigenvalue weighted by atomic mass is 16.7. The molecule has 2 aromatic rings. The summed E-state index contributed by atoms with van der Waals surface area (Å²) in [5.41, 5.74) is 3.58. The summed E-state index contributed by atoms with van der Waals surface area (Å²) in [6.07, 6.45) is 13.8. The van der Waals surface area contributed by atoms with E-state index in [0.717, 1.165) is 50.8 Å². The fourth-order valence-electron chi connectivity index (χ4n) is 6.70. The number of aliphatic hydroxyl groups is 1. The van der Waals surface area contributed by atoms with E-state index < -0.39 is 0 Å². The summed E-state index contributed by atoms with van der Waals surface area (Å²) in [7, 11) is 0. The SMILES string of the molecule is O=C(CCC=CCC[C@H]1[C@H](N2CCCCC2)[C@H](O)C[C@H]1OCc1ccc(-c2ccccc2)cc1)OC1CCCCO1. The Balaban J connectivity index is 1.13. The fourth-order valence-corrected chi connectivity index (χ4v) is 6.70. The lowest BCUT2D eigenvalue weighted by Gasteiger charge is -2.38. The average molecular weight is 562 g/mol. The zero-order valence-electron chi connectivity index (χ0n) is 24.4. The van der Waals surface area contributed by atoms with Crippen LogP contribution in [0.3, 0.4) is 0 Å². The van der Waals surface area contributed by atoms with E-state index in [4.69, 9.17) is 14.2 Å². The minimum absolute atomic E-state index is 0.0320. The molecular formula is C35H47NO5. The number of esters is 1. The summed E-state index contributed by atoms with van der Waals surface area (Å²) in [5.74, 6) is 0.0978. The van der Waals surface area contributed by atoms with Crippen LogP contribution in [-0.2, 0) is 25.6 Å². The van der Waals surface area contributed by atoms with Gasteiger partial charge in [-0.25, -0.2) is 0 Å². The van der Waals surface area contributed by atoms with Gasteiger partial charge in [0.2, 0.25) is 6.29 Å². The van der Waals surface area contributed by atoms with E-state index in [-0.39, 0.29) is 36.4 Å². The minimum Gasteiger partial charge on any atom is -0.436 e. The van der Waals surface area contributed by atoms with Crippen LogP contribution in [0.2, 0.25) is 0 Å². The van der Waals surface area contributed by atoms with Crippen molar-refractivity contribution in [2.45, 2.75) is 102 Å². The summed E-state index contributed by atoms with van der Waals surface area (Å²) >= 11 is 0. The summed E-state index contributed by atoms with van der Waals surface area (Å²) in [6, 6.07) is 19.2. The van der Waals surface area contributed by atoms with E-state index in [1.165, 1.54) is 30.4 Å². The summed E-state index contributed by atoms with van der Waals surface area (Å²) in [4.78, 5) is 14.7. The first-order valence-electron chi connectivity index (χ1n) is 15.8. The van der Waals surface area contributed by atoms with Crippen LogP contribution in [0, 0.1) is 5.92 Å². The monoisotopic (exact) mass is 561 g/mol. The van der Waals surface area contributed by atoms with Crippen molar-refractivity contribution in [1.82, 2.24) is 4.90 Å². The van der Waals surface area contributed by atoms with Crippen LogP contribution in [0.25, 0.3) is 11.1 Å². The number of benzene rings is 2. The van der Waals surface area contributed by atoms with Crippen LogP contribution < -0.4 is 0 Å². The number of aliphatic hydroxyl groups excluding tert-OH is 1. The lowest BCUT2D eigenvalue weighted by atomic mass is 9.92. The average Bonchev–Trinajstić information content (AvgIpc) is 3.34. The fraction of sp³-hybridized carbons (Fsp3) is 0.571. The molecule has 5 atom stereocenters. The number of carbonyl (C=O) groups excluding carboxylic acids is 1. The highest BCUT2D eigenvalue weighted by molar-refractivity contribution is 5.69. The standard InChI is InChI=1S/C35H47NO5/c37-31-25-32(40-26-27-18-20-29(21-19-27)28-13-5-3-6-14-28)30(35(31)36-22-10-4-11-23-36)15-7-1-2-8-16-33(38)41-34-17-9-12-24-39-34/h1-3,5-6,13-14,18-21,30-32,34-35,37H,4,7-12,15-17,22-26H2/t30-,31-,32-,34?,35+/m1/s1. The van der Waals surface area contributed by atoms with Crippen LogP contribution >= 0.6 is 0 Å². The Bertz CT molecular complexity index is 1080. The Hall–Kier alpha value is -2.51. The molecule has 6 heteroatoms. The van der Waals surface area contributed by atoms with Gasteiger partial charge in [0.1, 0.15) is 0 Å². The van der Waals surface area contributed by atoms with E-state index in [2.05, 4.69) is 65.6 Å². The molecule has 0 radical (unpaired) electrons. The van der Waals surface area contributed by atoms with Crippen molar-refractivity contribution in [2.24, 2.45) is 5.92 Å². The lowest BCUT2D eigenvalue weighted by molar-refractivity contribution is -0.186. The van der Waals surface area contributed by atoms with Crippen molar-refractivity contribution < 1.29 is 24.1 Å². The normalized spacial score (nSPS) is 27.3. The van der Waals surface area contributed by atoms with Gasteiger partial charge >= 0.3 is 5.97 Å². The third kappa shape index (κ3) is 8.74. The van der Waals surface area contributed by atoms with Gasteiger partial charge in [-0.3, -0.25) is 9.69 Å². The molecule has 222 valence electrons. The van der Waals surface area contributed by atoms with E-state index >= 15 is 0 Å². The lowest BCUT2D eigenvalue weighted by Crippen LogP contribution is -2.47. The van der Waals surface area contributed by atoms with E-state index in [1.54, 1.807) is 0 Å². The summed E-state index contributed by atoms with van der Waals surface area (Å²) < 4.78 is 17.5. The number of hydrogen-bond donors (Lipinski definition) is 1. The Kier molecular flexibility index (Phi) is 11.4. The summed E-state index contributed by atoms with van der Waals surface area (Å²) in [6.45, 7) is 3.36. The zero-order chi connectivity index (χ0) is 28.3. The molecule has 1 N–H and O–H groups in total. The second kappa shape index (κ2) is 15.6. The highest BCUT2D eigenvalue weighted by Gasteiger charge is 2.45. The molecule has 6 nitrogen and oxygen atoms in total. The quantitative estimate of drug-likeness (QED) is 0.231. The van der Waals surface area contributed by atoms with Crippen molar-refractivity contribution >= 4 is 5.97 Å². The molecular weight excluding hydrogens is 514 g/mol. The number of hydrogen-bond acceptors (Lipinski definition) is 6. The molecule has 3 aliphatic rings. The molecule has 1 aliphatic carbocycles. The Morgan fingerprint density at radius 3 is 2.44 bits per heavy atom. The van der Waals surface area contributed by atoms with Crippen LogP contribution in [0.15, 0.2) is 66.7 Å². The van der Waals surface area contributed by atoms with Crippen LogP contribution in [0.5, 0.6) is 0 Å². The van der Waals surface area contributed by atoms with Crippen LogP contribution in [0.1, 0.15) is 76.2 Å². The van der Waals surface area contributed by atoms with Crippen LogP contribution in [0.4, 0.5) is 0 Å². The minimum atomic E-state index is -0.362. The highest BCUT2D eigenvalue weighted by Crippen LogP contribution is 2.38. The second-order valence-electron chi connectivity index (χ2n) is 11.8. The maximum atomic E-state index is 12.1. The second-order valence-corrected chi connectivity index (χ2v) is 11.8. The number of likely N-dealkylation sites (tertiary alicyclic amines) is 1. The molecule has 1 saturated carbocycles. The molecule has 0 aromatic heterocycles. The van der Waals surface area contributed by atoms with Gasteiger partial charge in [-0.1, -0.05) is 73.2 Å². The van der Waals surface area contributed by atoms with Crippen molar-refractivity contribution in [3.63, 3.8) is 0 Å². The van der Waals surface area contributed by atoms with E-state index in [9.17, 15) is 9.90 Å². The Morgan fingerprint density at radius 1 is 0.927 bits per heavy atom. The van der Waals surface area contributed by atoms with E-state index in [1.807, 2.05) is 6.07 Å². The van der Waals surface area contributed by atoms with E-state index in [0.29, 0.717) is 32.5 Å². The first-order chi connectivity index (χ1) is 20.2. The number of carbonyl (C=O) groups is 1. The molecule has 2 saturated heterocycles. The Morgan fingerprint density at radius 2 is 1.68 bits per heavy atom. The first-order valence-corrected chi connectivity index (χ1v) is 15.8. The topological polar surface area (TPSA) is 68.2 Å². The third-order valence-electron chi connectivity index (χ3n) is 8.87. The van der Waals surface area contributed by atoms with Crippen molar-refractivity contribution in [3.05, 3.63) is 72.3 Å². The maximum absolute atomic E-state index is 12.1. The van der Waals surface area contributed by atoms with Gasteiger partial charge in [-0.05, 0) is 74.7 Å². The van der Waals surface area contributed by atoms with Gasteiger partial charge in [0.05, 0.1) is 25.4 Å². The Labute approximate surface area is 245 Å². The molecule has 0 spiro atoms. The molecule has 41 heavy (non-hydrogen) atoms. The smallest absolute Gasteiger partial charge is 0.308 e. The maximum Gasteiger partial charge on any atom is 0.308 e. The largest absolute Gasteiger partial charge is 0.436 e. The number of allylic oxidation sites excluding steroid dienone is 2. The molecule has 2 aromatic carbocycles. The first kappa shape index (κ1) is 30.0. The number of ether oxygens (including phenoxy) is 3. The molecule has 0 bridgehead atoms. The predicted octanol–water partition coefficient (Wildman–Crippen LogP) is 6.66. The van der Waals surface area contributed by atoms with Crippen molar-refractivity contribution in [1.29, 1.82) is 0 Å². The van der Waals surface area contributed by atoms with Crippen molar-refractivity contribution in [2.75, 3.05) is 19.7 Å². The van der Waals surface area contributed by atoms with Gasteiger partial charge in [0.15, 0.2) is 0 Å². The molecule has 2 aliphatic heterocycles. The van der Waals surface area contributed by atoms with Gasteiger partial charge in [-0.2, -0.15) is 0 Å². The number of rotatable bonds is 12. The molecule has 5 rings (SSSR count). The molecule has 2 heterocycles. The number of nitrogens with zero attached hydrogens (tertiary/aromatic N) is 1. The molecule has 1 unspecified atom stereocenters. The number of piperidine rings is 1. The van der Waals surface area contributed by atoms with Gasteiger partial charge in [-0.15, -0.1) is 0 Å². The molecule has 0 amide bonds. The van der Waals surface area contributed by atoms with Crippen LogP contribution in [-0.4, -0.2) is 60.2 Å². The predicted molar refractivity (Wildman–Crippen MR) is 161 cm³/mol.